The van der Waals surface area contributed by atoms with E-state index < -0.39 is 0 Å². The van der Waals surface area contributed by atoms with Gasteiger partial charge in [-0.15, -0.1) is 24.8 Å². The molecule has 1 aliphatic rings. The monoisotopic (exact) mass is 350 g/mol. The van der Waals surface area contributed by atoms with Gasteiger partial charge in [0.2, 0.25) is 5.91 Å². The maximum atomic E-state index is 11.8. The summed E-state index contributed by atoms with van der Waals surface area (Å²) >= 11 is 0. The number of nitrogens with one attached hydrogen (secondary N) is 3. The molecular weight excluding hydrogens is 331 g/mol. The van der Waals surface area contributed by atoms with Crippen LogP contribution in [0.3, 0.4) is 0 Å². The summed E-state index contributed by atoms with van der Waals surface area (Å²) in [6.07, 6.45) is 3.87. The second kappa shape index (κ2) is 10.2. The van der Waals surface area contributed by atoms with E-state index in [1.54, 1.807) is 18.5 Å². The second-order valence-corrected chi connectivity index (χ2v) is 4.58. The van der Waals surface area contributed by atoms with Crippen molar-refractivity contribution in [3.8, 4) is 0 Å². The molecule has 0 aromatic carbocycles. The minimum atomic E-state index is -0.336. The van der Waals surface area contributed by atoms with E-state index >= 15 is 0 Å². The molecule has 1 aliphatic heterocycles. The number of carbonyl (C=O) groups is 2. The summed E-state index contributed by atoms with van der Waals surface area (Å²) in [6, 6.07) is 3.24. The number of amides is 1. The number of halogens is 2. The molecule has 0 spiro atoms. The molecule has 1 fully saturated rings. The minimum absolute atomic E-state index is 0. The van der Waals surface area contributed by atoms with E-state index in [9.17, 15) is 9.59 Å². The molecule has 0 bridgehead atoms. The van der Waals surface area contributed by atoms with Crippen molar-refractivity contribution in [3.63, 3.8) is 0 Å². The number of nitrogens with zero attached hydrogens (tertiary/aromatic N) is 1. The third-order valence-corrected chi connectivity index (χ3v) is 3.10. The summed E-state index contributed by atoms with van der Waals surface area (Å²) in [5.74, 6) is -0.415. The third kappa shape index (κ3) is 6.05. The fourth-order valence-electron chi connectivity index (χ4n) is 2.10. The summed E-state index contributed by atoms with van der Waals surface area (Å²) in [7, 11) is 1.35. The Bertz CT molecular complexity index is 476. The third-order valence-electron chi connectivity index (χ3n) is 3.10. The number of anilines is 1. The summed E-state index contributed by atoms with van der Waals surface area (Å²) in [5.41, 5.74) is 0.791. The first kappa shape index (κ1) is 20.4. The zero-order valence-corrected chi connectivity index (χ0v) is 13.7. The fourth-order valence-corrected chi connectivity index (χ4v) is 2.10. The Morgan fingerprint density at radius 2 is 2.23 bits per heavy atom. The summed E-state index contributed by atoms with van der Waals surface area (Å²) in [4.78, 5) is 27.1. The van der Waals surface area contributed by atoms with Crippen LogP contribution >= 0.6 is 24.8 Å². The lowest BCUT2D eigenvalue weighted by Gasteiger charge is -2.12. The van der Waals surface area contributed by atoms with Crippen molar-refractivity contribution in [1.29, 1.82) is 0 Å². The van der Waals surface area contributed by atoms with E-state index in [0.717, 1.165) is 5.69 Å². The average Bonchev–Trinajstić information content (AvgIpc) is 2.94. The molecule has 0 aliphatic carbocycles. The standard InChI is InChI=1S/C13H18N4O3.2ClH/c1-20-13(19)11-5-10(7-16-11)17-12(18)8-15-9-3-2-4-14-6-9;;/h2-4,6,10-11,15-16H,5,7-8H2,1H3,(H,17,18);2*1H/t10-,11-;;/m0../s1. The molecule has 9 heteroatoms. The van der Waals surface area contributed by atoms with Gasteiger partial charge in [0, 0.05) is 25.0 Å². The zero-order valence-electron chi connectivity index (χ0n) is 12.1. The summed E-state index contributed by atoms with van der Waals surface area (Å²) in [6.45, 7) is 0.740. The molecule has 2 atom stereocenters. The van der Waals surface area contributed by atoms with Crippen molar-refractivity contribution in [3.05, 3.63) is 24.5 Å². The molecule has 1 aromatic heterocycles. The van der Waals surface area contributed by atoms with Gasteiger partial charge in [-0.05, 0) is 18.6 Å². The molecule has 2 rings (SSSR count). The molecule has 22 heavy (non-hydrogen) atoms. The van der Waals surface area contributed by atoms with Crippen LogP contribution < -0.4 is 16.0 Å². The van der Waals surface area contributed by atoms with Crippen LogP contribution in [0.5, 0.6) is 0 Å². The van der Waals surface area contributed by atoms with Gasteiger partial charge in [-0.25, -0.2) is 0 Å². The maximum absolute atomic E-state index is 11.8. The summed E-state index contributed by atoms with van der Waals surface area (Å²) < 4.78 is 4.66. The number of carbonyl (C=O) groups excluding carboxylic acids is 2. The lowest BCUT2D eigenvalue weighted by molar-refractivity contribution is -0.142. The minimum Gasteiger partial charge on any atom is -0.468 e. The Balaban J connectivity index is 0.00000220. The Hall–Kier alpha value is -1.57. The van der Waals surface area contributed by atoms with E-state index in [0.29, 0.717) is 13.0 Å². The van der Waals surface area contributed by atoms with Gasteiger partial charge in [-0.3, -0.25) is 14.6 Å². The zero-order chi connectivity index (χ0) is 14.4. The highest BCUT2D eigenvalue weighted by Gasteiger charge is 2.30. The number of pyridine rings is 1. The smallest absolute Gasteiger partial charge is 0.322 e. The molecule has 7 nitrogen and oxygen atoms in total. The molecular formula is C13H20Cl2N4O3. The van der Waals surface area contributed by atoms with E-state index in [2.05, 4.69) is 25.7 Å². The van der Waals surface area contributed by atoms with Crippen molar-refractivity contribution in [1.82, 2.24) is 15.6 Å². The van der Waals surface area contributed by atoms with Crippen LogP contribution in [-0.2, 0) is 14.3 Å². The van der Waals surface area contributed by atoms with Crippen molar-refractivity contribution in [2.24, 2.45) is 0 Å². The molecule has 0 unspecified atom stereocenters. The molecule has 1 amide bonds. The van der Waals surface area contributed by atoms with E-state index in [1.807, 2.05) is 6.07 Å². The Kier molecular flexibility index (Phi) is 9.48. The molecule has 124 valence electrons. The second-order valence-electron chi connectivity index (χ2n) is 4.58. The van der Waals surface area contributed by atoms with Gasteiger partial charge in [-0.2, -0.15) is 0 Å². The van der Waals surface area contributed by atoms with Crippen molar-refractivity contribution in [2.45, 2.75) is 18.5 Å². The number of aromatic nitrogens is 1. The Morgan fingerprint density at radius 1 is 1.45 bits per heavy atom. The first-order chi connectivity index (χ1) is 9.69. The fraction of sp³-hybridized carbons (Fsp3) is 0.462. The normalized spacial score (nSPS) is 19.3. The van der Waals surface area contributed by atoms with Gasteiger partial charge < -0.3 is 20.7 Å². The van der Waals surface area contributed by atoms with Gasteiger partial charge in [0.15, 0.2) is 0 Å². The van der Waals surface area contributed by atoms with Crippen LogP contribution in [-0.4, -0.2) is 49.1 Å². The first-order valence-electron chi connectivity index (χ1n) is 6.43. The predicted molar refractivity (Wildman–Crippen MR) is 87.6 cm³/mol. The number of hydrogen-bond donors (Lipinski definition) is 3. The molecule has 1 aromatic rings. The Labute approximate surface area is 141 Å². The molecule has 0 radical (unpaired) electrons. The SMILES string of the molecule is COC(=O)[C@@H]1C[C@H](NC(=O)CNc2cccnc2)CN1.Cl.Cl. The van der Waals surface area contributed by atoms with E-state index in [1.165, 1.54) is 7.11 Å². The van der Waals surface area contributed by atoms with Crippen LogP contribution in [0.1, 0.15) is 6.42 Å². The highest BCUT2D eigenvalue weighted by molar-refractivity contribution is 5.85. The highest BCUT2D eigenvalue weighted by atomic mass is 35.5. The topological polar surface area (TPSA) is 92.3 Å². The van der Waals surface area contributed by atoms with E-state index in [4.69, 9.17) is 0 Å². The maximum Gasteiger partial charge on any atom is 0.322 e. The number of esters is 1. The predicted octanol–water partition coefficient (Wildman–Crippen LogP) is 0.357. The lowest BCUT2D eigenvalue weighted by atomic mass is 10.2. The van der Waals surface area contributed by atoms with Crippen LogP contribution in [0.4, 0.5) is 5.69 Å². The molecule has 1 saturated heterocycles. The van der Waals surface area contributed by atoms with Crippen LogP contribution in [0, 0.1) is 0 Å². The summed E-state index contributed by atoms with van der Waals surface area (Å²) in [5, 5.41) is 8.86. The molecule has 2 heterocycles. The van der Waals surface area contributed by atoms with Crippen molar-refractivity contribution < 1.29 is 14.3 Å². The van der Waals surface area contributed by atoms with Gasteiger partial charge in [0.25, 0.3) is 0 Å². The lowest BCUT2D eigenvalue weighted by Crippen LogP contribution is -2.39. The van der Waals surface area contributed by atoms with Crippen molar-refractivity contribution >= 4 is 42.4 Å². The van der Waals surface area contributed by atoms with Crippen LogP contribution in [0.2, 0.25) is 0 Å². The van der Waals surface area contributed by atoms with Crippen molar-refractivity contribution in [2.75, 3.05) is 25.5 Å². The molecule has 3 N–H and O–H groups in total. The number of methoxy groups -OCH3 is 1. The first-order valence-corrected chi connectivity index (χ1v) is 6.43. The highest BCUT2D eigenvalue weighted by Crippen LogP contribution is 2.08. The van der Waals surface area contributed by atoms with E-state index in [-0.39, 0.29) is 55.3 Å². The van der Waals surface area contributed by atoms with Gasteiger partial charge in [0.05, 0.1) is 19.3 Å². The molecule has 0 saturated carbocycles. The van der Waals surface area contributed by atoms with Gasteiger partial charge in [-0.1, -0.05) is 0 Å². The van der Waals surface area contributed by atoms with Crippen LogP contribution in [0.15, 0.2) is 24.5 Å². The van der Waals surface area contributed by atoms with Gasteiger partial charge >= 0.3 is 5.97 Å². The van der Waals surface area contributed by atoms with Gasteiger partial charge in [0.1, 0.15) is 6.04 Å². The average molecular weight is 351 g/mol. The Morgan fingerprint density at radius 3 is 2.86 bits per heavy atom. The number of rotatable bonds is 5. The quantitative estimate of drug-likeness (QED) is 0.664. The number of hydrogen-bond acceptors (Lipinski definition) is 6. The largest absolute Gasteiger partial charge is 0.468 e. The van der Waals surface area contributed by atoms with Crippen LogP contribution in [0.25, 0.3) is 0 Å². The number of ether oxygens (including phenoxy) is 1.